The van der Waals surface area contributed by atoms with E-state index in [0.29, 0.717) is 29.9 Å². The van der Waals surface area contributed by atoms with Crippen LogP contribution in [-0.2, 0) is 6.54 Å². The van der Waals surface area contributed by atoms with E-state index in [-0.39, 0.29) is 5.69 Å². The maximum atomic E-state index is 10.9. The molecule has 1 aromatic carbocycles. The summed E-state index contributed by atoms with van der Waals surface area (Å²) < 4.78 is 5.43. The molecule has 1 saturated carbocycles. The lowest BCUT2D eigenvalue weighted by atomic mass is 9.78. The number of nitro benzene ring substituents is 1. The average molecular weight is 342 g/mol. The van der Waals surface area contributed by atoms with E-state index in [4.69, 9.17) is 4.52 Å². The van der Waals surface area contributed by atoms with E-state index in [1.807, 2.05) is 0 Å². The van der Waals surface area contributed by atoms with Crippen molar-refractivity contribution in [2.45, 2.75) is 51.1 Å². The van der Waals surface area contributed by atoms with Crippen molar-refractivity contribution in [2.24, 2.45) is 5.92 Å². The predicted molar refractivity (Wildman–Crippen MR) is 91.8 cm³/mol. The fourth-order valence-electron chi connectivity index (χ4n) is 4.29. The Bertz CT molecular complexity index is 758. The Morgan fingerprint density at radius 2 is 2.08 bits per heavy atom. The van der Waals surface area contributed by atoms with Crippen molar-refractivity contribution in [3.8, 4) is 11.4 Å². The maximum absolute atomic E-state index is 10.9. The number of hydrogen-bond acceptors (Lipinski definition) is 6. The Morgan fingerprint density at radius 1 is 1.24 bits per heavy atom. The van der Waals surface area contributed by atoms with Crippen LogP contribution in [0.4, 0.5) is 5.69 Å². The first-order valence-electron chi connectivity index (χ1n) is 9.02. The molecule has 0 unspecified atom stereocenters. The van der Waals surface area contributed by atoms with Crippen molar-refractivity contribution in [3.05, 3.63) is 40.3 Å². The maximum Gasteiger partial charge on any atom is 0.270 e. The number of non-ortho nitro benzene ring substituents is 1. The van der Waals surface area contributed by atoms with Gasteiger partial charge in [-0.1, -0.05) is 30.1 Å². The minimum absolute atomic E-state index is 0.0323. The van der Waals surface area contributed by atoms with Gasteiger partial charge in [0.15, 0.2) is 0 Å². The van der Waals surface area contributed by atoms with Crippen LogP contribution in [0, 0.1) is 16.0 Å². The zero-order chi connectivity index (χ0) is 17.2. The highest BCUT2D eigenvalue weighted by molar-refractivity contribution is 5.58. The standard InChI is InChI=1S/C18H22N4O3/c23-22(24)15-8-3-6-14(11-15)18-19-17(25-20-18)12-21-10-4-7-13-5-1-2-9-16(13)21/h3,6,8,11,13,16H,1-2,4-5,7,9-10,12H2/t13-,16+/m1/s1. The van der Waals surface area contributed by atoms with Gasteiger partial charge >= 0.3 is 0 Å². The molecular formula is C18H22N4O3. The summed E-state index contributed by atoms with van der Waals surface area (Å²) in [4.78, 5) is 17.5. The van der Waals surface area contributed by atoms with E-state index in [1.165, 1.54) is 50.7 Å². The van der Waals surface area contributed by atoms with Crippen molar-refractivity contribution < 1.29 is 9.45 Å². The number of piperidine rings is 1. The quantitative estimate of drug-likeness (QED) is 0.620. The highest BCUT2D eigenvalue weighted by atomic mass is 16.6. The molecule has 2 heterocycles. The van der Waals surface area contributed by atoms with E-state index in [1.54, 1.807) is 12.1 Å². The summed E-state index contributed by atoms with van der Waals surface area (Å²) in [6.07, 6.45) is 7.82. The Hall–Kier alpha value is -2.28. The monoisotopic (exact) mass is 342 g/mol. The summed E-state index contributed by atoms with van der Waals surface area (Å²) in [5, 5.41) is 14.9. The summed E-state index contributed by atoms with van der Waals surface area (Å²) in [5.41, 5.74) is 0.642. The topological polar surface area (TPSA) is 85.3 Å². The molecule has 2 atom stereocenters. The molecule has 2 fully saturated rings. The number of rotatable bonds is 4. The molecular weight excluding hydrogens is 320 g/mol. The molecule has 2 aliphatic rings. The number of hydrogen-bond donors (Lipinski definition) is 0. The lowest BCUT2D eigenvalue weighted by Gasteiger charge is -2.43. The highest BCUT2D eigenvalue weighted by Crippen LogP contribution is 2.36. The molecule has 0 N–H and O–H groups in total. The first kappa shape index (κ1) is 16.2. The first-order chi connectivity index (χ1) is 12.2. The van der Waals surface area contributed by atoms with Gasteiger partial charge in [0.25, 0.3) is 5.69 Å². The van der Waals surface area contributed by atoms with E-state index >= 15 is 0 Å². The van der Waals surface area contributed by atoms with Gasteiger partial charge in [-0.05, 0) is 38.1 Å². The zero-order valence-corrected chi connectivity index (χ0v) is 14.1. The van der Waals surface area contributed by atoms with Gasteiger partial charge in [-0.25, -0.2) is 0 Å². The second kappa shape index (κ2) is 6.92. The summed E-state index contributed by atoms with van der Waals surface area (Å²) in [6.45, 7) is 1.75. The SMILES string of the molecule is O=[N+]([O-])c1cccc(-c2noc(CN3CCC[C@H]4CCCC[C@@H]43)n2)c1. The number of aromatic nitrogens is 2. The molecule has 0 radical (unpaired) electrons. The normalized spacial score (nSPS) is 24.0. The molecule has 1 aliphatic carbocycles. The fraction of sp³-hybridized carbons (Fsp3) is 0.556. The van der Waals surface area contributed by atoms with Crippen molar-refractivity contribution in [3.63, 3.8) is 0 Å². The average Bonchev–Trinajstić information content (AvgIpc) is 3.11. The van der Waals surface area contributed by atoms with Gasteiger partial charge < -0.3 is 4.52 Å². The lowest BCUT2D eigenvalue weighted by Crippen LogP contribution is -2.46. The van der Waals surface area contributed by atoms with Crippen molar-refractivity contribution in [1.82, 2.24) is 15.0 Å². The van der Waals surface area contributed by atoms with Gasteiger partial charge in [0.1, 0.15) is 0 Å². The number of benzene rings is 1. The van der Waals surface area contributed by atoms with Gasteiger partial charge in [0.05, 0.1) is 11.5 Å². The van der Waals surface area contributed by atoms with Gasteiger partial charge in [0, 0.05) is 23.7 Å². The molecule has 1 saturated heterocycles. The first-order valence-corrected chi connectivity index (χ1v) is 9.02. The minimum atomic E-state index is -0.415. The number of likely N-dealkylation sites (tertiary alicyclic amines) is 1. The van der Waals surface area contributed by atoms with Crippen LogP contribution in [0.3, 0.4) is 0 Å². The van der Waals surface area contributed by atoms with Crippen LogP contribution in [0.1, 0.15) is 44.4 Å². The number of fused-ring (bicyclic) bond motifs is 1. The Morgan fingerprint density at radius 3 is 2.96 bits per heavy atom. The minimum Gasteiger partial charge on any atom is -0.338 e. The Balaban J connectivity index is 1.49. The summed E-state index contributed by atoms with van der Waals surface area (Å²) >= 11 is 0. The molecule has 2 aromatic rings. The molecule has 1 aliphatic heterocycles. The molecule has 7 heteroatoms. The molecule has 25 heavy (non-hydrogen) atoms. The van der Waals surface area contributed by atoms with Crippen molar-refractivity contribution in [1.29, 1.82) is 0 Å². The summed E-state index contributed by atoms with van der Waals surface area (Å²) in [7, 11) is 0. The van der Waals surface area contributed by atoms with Crippen LogP contribution >= 0.6 is 0 Å². The molecule has 0 amide bonds. The molecule has 7 nitrogen and oxygen atoms in total. The van der Waals surface area contributed by atoms with Crippen LogP contribution in [0.2, 0.25) is 0 Å². The second-order valence-corrected chi connectivity index (χ2v) is 7.04. The Labute approximate surface area is 146 Å². The number of nitrogens with zero attached hydrogens (tertiary/aromatic N) is 4. The smallest absolute Gasteiger partial charge is 0.270 e. The number of nitro groups is 1. The van der Waals surface area contributed by atoms with Crippen LogP contribution in [0.5, 0.6) is 0 Å². The van der Waals surface area contributed by atoms with E-state index in [2.05, 4.69) is 15.0 Å². The van der Waals surface area contributed by atoms with Crippen LogP contribution in [0.15, 0.2) is 28.8 Å². The van der Waals surface area contributed by atoms with E-state index in [0.717, 1.165) is 12.5 Å². The predicted octanol–water partition coefficient (Wildman–Crippen LogP) is 3.80. The molecule has 0 bridgehead atoms. The molecule has 1 aromatic heterocycles. The molecule has 132 valence electrons. The van der Waals surface area contributed by atoms with Crippen molar-refractivity contribution in [2.75, 3.05) is 6.54 Å². The summed E-state index contributed by atoms with van der Waals surface area (Å²) in [6, 6.07) is 6.98. The summed E-state index contributed by atoms with van der Waals surface area (Å²) in [5.74, 6) is 1.81. The highest BCUT2D eigenvalue weighted by Gasteiger charge is 2.33. The van der Waals surface area contributed by atoms with E-state index in [9.17, 15) is 10.1 Å². The van der Waals surface area contributed by atoms with Crippen LogP contribution < -0.4 is 0 Å². The van der Waals surface area contributed by atoms with Gasteiger partial charge in [-0.2, -0.15) is 4.98 Å². The van der Waals surface area contributed by atoms with Gasteiger partial charge in [0.2, 0.25) is 11.7 Å². The Kier molecular flexibility index (Phi) is 4.48. The third-order valence-corrected chi connectivity index (χ3v) is 5.48. The van der Waals surface area contributed by atoms with Gasteiger partial charge in [-0.3, -0.25) is 15.0 Å². The lowest BCUT2D eigenvalue weighted by molar-refractivity contribution is -0.384. The molecule has 4 rings (SSSR count). The third-order valence-electron chi connectivity index (χ3n) is 5.48. The van der Waals surface area contributed by atoms with Crippen LogP contribution in [0.25, 0.3) is 11.4 Å². The zero-order valence-electron chi connectivity index (χ0n) is 14.1. The van der Waals surface area contributed by atoms with E-state index < -0.39 is 4.92 Å². The van der Waals surface area contributed by atoms with Gasteiger partial charge in [-0.15, -0.1) is 0 Å². The largest absolute Gasteiger partial charge is 0.338 e. The van der Waals surface area contributed by atoms with Crippen molar-refractivity contribution >= 4 is 5.69 Å². The molecule has 0 spiro atoms. The second-order valence-electron chi connectivity index (χ2n) is 7.04. The van der Waals surface area contributed by atoms with Crippen LogP contribution in [-0.4, -0.2) is 32.6 Å². The fourth-order valence-corrected chi connectivity index (χ4v) is 4.29. The third kappa shape index (κ3) is 3.42.